The molecule has 0 aliphatic carbocycles. The van der Waals surface area contributed by atoms with Crippen molar-refractivity contribution in [3.8, 4) is 0 Å². The van der Waals surface area contributed by atoms with Gasteiger partial charge in [0.2, 0.25) is 0 Å². The van der Waals surface area contributed by atoms with Crippen molar-refractivity contribution in [3.05, 3.63) is 42.0 Å². The summed E-state index contributed by atoms with van der Waals surface area (Å²) in [6.45, 7) is 7.22. The van der Waals surface area contributed by atoms with E-state index in [9.17, 15) is 4.79 Å². The minimum absolute atomic E-state index is 0.0412. The van der Waals surface area contributed by atoms with E-state index in [-0.39, 0.29) is 5.91 Å². The lowest BCUT2D eigenvalue weighted by Gasteiger charge is -2.24. The molecule has 2 aliphatic rings. The van der Waals surface area contributed by atoms with Crippen molar-refractivity contribution in [2.75, 3.05) is 26.2 Å². The van der Waals surface area contributed by atoms with Crippen LogP contribution in [0.15, 0.2) is 30.8 Å². The second-order valence-corrected chi connectivity index (χ2v) is 5.27. The van der Waals surface area contributed by atoms with Crippen LogP contribution >= 0.6 is 0 Å². The average Bonchev–Trinajstić information content (AvgIpc) is 2.74. The second-order valence-electron chi connectivity index (χ2n) is 5.27. The van der Waals surface area contributed by atoms with E-state index in [1.54, 1.807) is 4.90 Å². The van der Waals surface area contributed by atoms with Gasteiger partial charge in [0.15, 0.2) is 0 Å². The molecule has 0 saturated carbocycles. The van der Waals surface area contributed by atoms with E-state index in [0.717, 1.165) is 42.8 Å². The Kier molecular flexibility index (Phi) is 3.85. The summed E-state index contributed by atoms with van der Waals surface area (Å²) in [4.78, 5) is 14.0. The van der Waals surface area contributed by atoms with E-state index >= 15 is 0 Å². The third kappa shape index (κ3) is 2.49. The van der Waals surface area contributed by atoms with Crippen LogP contribution in [0.25, 0.3) is 5.70 Å². The number of rotatable bonds is 4. The molecular formula is C16H20N2O2. The van der Waals surface area contributed by atoms with Gasteiger partial charge in [0.1, 0.15) is 0 Å². The Morgan fingerprint density at radius 2 is 1.95 bits per heavy atom. The van der Waals surface area contributed by atoms with Crippen molar-refractivity contribution in [1.29, 1.82) is 0 Å². The third-order valence-electron chi connectivity index (χ3n) is 3.99. The van der Waals surface area contributed by atoms with Crippen molar-refractivity contribution in [2.24, 2.45) is 0 Å². The van der Waals surface area contributed by atoms with Crippen LogP contribution in [0.1, 0.15) is 28.8 Å². The molecular weight excluding hydrogens is 252 g/mol. The summed E-state index contributed by atoms with van der Waals surface area (Å²) in [7, 11) is 0. The maximum absolute atomic E-state index is 12.3. The first kappa shape index (κ1) is 13.3. The van der Waals surface area contributed by atoms with Crippen LogP contribution in [0, 0.1) is 0 Å². The van der Waals surface area contributed by atoms with Gasteiger partial charge in [0.05, 0.1) is 12.7 Å². The molecule has 1 N–H and O–H groups in total. The van der Waals surface area contributed by atoms with E-state index in [0.29, 0.717) is 19.3 Å². The maximum atomic E-state index is 12.3. The Bertz CT molecular complexity index is 486. The highest BCUT2D eigenvalue weighted by Gasteiger charge is 2.30. The molecule has 0 atom stereocenters. The summed E-state index contributed by atoms with van der Waals surface area (Å²) < 4.78 is 5.87. The second kappa shape index (κ2) is 5.77. The van der Waals surface area contributed by atoms with Crippen molar-refractivity contribution < 1.29 is 9.53 Å². The minimum Gasteiger partial charge on any atom is -0.376 e. The fourth-order valence-electron chi connectivity index (χ4n) is 2.84. The molecule has 1 saturated heterocycles. The first-order chi connectivity index (χ1) is 9.77. The topological polar surface area (TPSA) is 41.6 Å². The molecule has 2 heterocycles. The van der Waals surface area contributed by atoms with Gasteiger partial charge < -0.3 is 15.0 Å². The molecule has 1 aromatic carbocycles. The van der Waals surface area contributed by atoms with Crippen LogP contribution in [-0.2, 0) is 4.74 Å². The number of fused-ring (bicyclic) bond motifs is 1. The average molecular weight is 272 g/mol. The van der Waals surface area contributed by atoms with Crippen molar-refractivity contribution >= 4 is 11.6 Å². The van der Waals surface area contributed by atoms with Gasteiger partial charge in [-0.2, -0.15) is 0 Å². The fourth-order valence-corrected chi connectivity index (χ4v) is 2.84. The van der Waals surface area contributed by atoms with E-state index < -0.39 is 0 Å². The zero-order chi connectivity index (χ0) is 13.9. The number of carbonyl (C=O) groups excluding carboxylic acids is 1. The number of nitrogens with one attached hydrogen (secondary N) is 1. The minimum atomic E-state index is 0.0412. The quantitative estimate of drug-likeness (QED) is 0.910. The lowest BCUT2D eigenvalue weighted by molar-refractivity contribution is 0.0259. The van der Waals surface area contributed by atoms with E-state index in [4.69, 9.17) is 4.74 Å². The number of piperidine rings is 1. The monoisotopic (exact) mass is 272 g/mol. The largest absolute Gasteiger partial charge is 0.376 e. The molecule has 1 amide bonds. The Morgan fingerprint density at radius 1 is 1.25 bits per heavy atom. The number of nitrogens with zero attached hydrogens (tertiary/aromatic N) is 1. The third-order valence-corrected chi connectivity index (χ3v) is 3.99. The molecule has 1 fully saturated rings. The standard InChI is InChI=1S/C16H20N2O2/c1-12-14-4-2-3-5-15(14)16(19)18(12)10-11-20-13-6-8-17-9-7-13/h2-5,13,17H,1,6-11H2. The number of amides is 1. The van der Waals surface area contributed by atoms with Crippen molar-refractivity contribution in [2.45, 2.75) is 18.9 Å². The summed E-state index contributed by atoms with van der Waals surface area (Å²) in [6.07, 6.45) is 2.43. The molecule has 20 heavy (non-hydrogen) atoms. The summed E-state index contributed by atoms with van der Waals surface area (Å²) in [5, 5.41) is 3.31. The van der Waals surface area contributed by atoms with Gasteiger partial charge >= 0.3 is 0 Å². The lowest BCUT2D eigenvalue weighted by Crippen LogP contribution is -2.34. The highest BCUT2D eigenvalue weighted by molar-refractivity contribution is 6.08. The summed E-state index contributed by atoms with van der Waals surface area (Å²) in [5.41, 5.74) is 2.48. The van der Waals surface area contributed by atoms with Gasteiger partial charge in [0, 0.05) is 23.4 Å². The van der Waals surface area contributed by atoms with Gasteiger partial charge in [-0.1, -0.05) is 24.8 Å². The predicted molar refractivity (Wildman–Crippen MR) is 78.4 cm³/mol. The van der Waals surface area contributed by atoms with Crippen molar-refractivity contribution in [1.82, 2.24) is 10.2 Å². The van der Waals surface area contributed by atoms with E-state index in [1.807, 2.05) is 24.3 Å². The van der Waals surface area contributed by atoms with Crippen LogP contribution in [0.5, 0.6) is 0 Å². The SMILES string of the molecule is C=C1c2ccccc2C(=O)N1CCOC1CCNCC1. The molecule has 0 bridgehead atoms. The first-order valence-corrected chi connectivity index (χ1v) is 7.20. The van der Waals surface area contributed by atoms with Crippen LogP contribution in [0.4, 0.5) is 0 Å². The lowest BCUT2D eigenvalue weighted by atomic mass is 10.1. The van der Waals surface area contributed by atoms with Crippen LogP contribution in [0.3, 0.4) is 0 Å². The Hall–Kier alpha value is -1.65. The van der Waals surface area contributed by atoms with E-state index in [1.165, 1.54) is 0 Å². The Balaban J connectivity index is 1.56. The fraction of sp³-hybridized carbons (Fsp3) is 0.438. The molecule has 4 nitrogen and oxygen atoms in total. The summed E-state index contributed by atoms with van der Waals surface area (Å²) in [6, 6.07) is 7.63. The van der Waals surface area contributed by atoms with Gasteiger partial charge in [0.25, 0.3) is 5.91 Å². The van der Waals surface area contributed by atoms with Crippen LogP contribution in [-0.4, -0.2) is 43.2 Å². The molecule has 2 aliphatic heterocycles. The molecule has 3 rings (SSSR count). The number of ether oxygens (including phenoxy) is 1. The summed E-state index contributed by atoms with van der Waals surface area (Å²) >= 11 is 0. The molecule has 0 unspecified atom stereocenters. The number of hydrogen-bond acceptors (Lipinski definition) is 3. The molecule has 0 radical (unpaired) electrons. The molecule has 0 spiro atoms. The summed E-state index contributed by atoms with van der Waals surface area (Å²) in [5.74, 6) is 0.0412. The first-order valence-electron chi connectivity index (χ1n) is 7.20. The van der Waals surface area contributed by atoms with Crippen LogP contribution in [0.2, 0.25) is 0 Å². The molecule has 106 valence electrons. The maximum Gasteiger partial charge on any atom is 0.259 e. The van der Waals surface area contributed by atoms with Gasteiger partial charge in [-0.25, -0.2) is 0 Å². The predicted octanol–water partition coefficient (Wildman–Crippen LogP) is 1.88. The van der Waals surface area contributed by atoms with Gasteiger partial charge in [-0.3, -0.25) is 4.79 Å². The number of benzene rings is 1. The zero-order valence-electron chi connectivity index (χ0n) is 11.6. The smallest absolute Gasteiger partial charge is 0.259 e. The highest BCUT2D eigenvalue weighted by Crippen LogP contribution is 2.30. The molecule has 1 aromatic rings. The van der Waals surface area contributed by atoms with Gasteiger partial charge in [-0.15, -0.1) is 0 Å². The Labute approximate surface area is 119 Å². The normalized spacial score (nSPS) is 19.5. The highest BCUT2D eigenvalue weighted by atomic mass is 16.5. The Morgan fingerprint density at radius 3 is 2.65 bits per heavy atom. The number of carbonyl (C=O) groups is 1. The van der Waals surface area contributed by atoms with Crippen molar-refractivity contribution in [3.63, 3.8) is 0 Å². The van der Waals surface area contributed by atoms with Gasteiger partial charge in [-0.05, 0) is 32.0 Å². The van der Waals surface area contributed by atoms with E-state index in [2.05, 4.69) is 11.9 Å². The van der Waals surface area contributed by atoms with Crippen LogP contribution < -0.4 is 5.32 Å². The zero-order valence-corrected chi connectivity index (χ0v) is 11.6. The molecule has 0 aromatic heterocycles. The molecule has 4 heteroatoms. The number of hydrogen-bond donors (Lipinski definition) is 1.